The van der Waals surface area contributed by atoms with Gasteiger partial charge in [-0.25, -0.2) is 9.97 Å². The topological polar surface area (TPSA) is 87.2 Å². The van der Waals surface area contributed by atoms with Crippen LogP contribution in [0.2, 0.25) is 0 Å². The van der Waals surface area contributed by atoms with Gasteiger partial charge in [-0.05, 0) is 45.4 Å². The van der Waals surface area contributed by atoms with E-state index in [4.69, 9.17) is 9.72 Å². The molecule has 0 saturated carbocycles. The summed E-state index contributed by atoms with van der Waals surface area (Å²) in [4.78, 5) is 32.6. The lowest BCUT2D eigenvalue weighted by atomic mass is 10.1. The van der Waals surface area contributed by atoms with Crippen molar-refractivity contribution in [3.05, 3.63) is 51.2 Å². The van der Waals surface area contributed by atoms with Crippen molar-refractivity contribution in [1.29, 1.82) is 0 Å². The molecule has 0 amide bonds. The number of rotatable bonds is 4. The highest BCUT2D eigenvalue weighted by Crippen LogP contribution is 2.35. The summed E-state index contributed by atoms with van der Waals surface area (Å²) in [6.45, 7) is 7.61. The Hall–Kier alpha value is -3.21. The zero-order valence-corrected chi connectivity index (χ0v) is 19.1. The normalized spacial score (nSPS) is 16.8. The van der Waals surface area contributed by atoms with E-state index in [1.807, 2.05) is 23.6 Å². The Bertz CT molecular complexity index is 1300. The Balaban J connectivity index is 1.55. The molecule has 2 aliphatic heterocycles. The number of nitrogens with zero attached hydrogens (tertiary/aromatic N) is 5. The number of aromatic nitrogens is 4. The van der Waals surface area contributed by atoms with Crippen LogP contribution in [0.4, 0.5) is 24.9 Å². The molecular formula is C23H25F3N6O2. The van der Waals surface area contributed by atoms with E-state index in [-0.39, 0.29) is 23.3 Å². The van der Waals surface area contributed by atoms with Gasteiger partial charge < -0.3 is 19.5 Å². The van der Waals surface area contributed by atoms with Crippen LogP contribution in [0.15, 0.2) is 23.0 Å². The minimum atomic E-state index is -4.47. The predicted octanol–water partition coefficient (Wildman–Crippen LogP) is 3.22. The minimum Gasteiger partial charge on any atom is -0.372 e. The number of ether oxygens (including phenoxy) is 1. The molecule has 2 aromatic heterocycles. The van der Waals surface area contributed by atoms with Crippen LogP contribution < -0.4 is 15.4 Å². The van der Waals surface area contributed by atoms with E-state index in [9.17, 15) is 18.0 Å². The van der Waals surface area contributed by atoms with Crippen molar-refractivity contribution in [2.45, 2.75) is 52.1 Å². The molecule has 0 aliphatic carbocycles. The van der Waals surface area contributed by atoms with Crippen molar-refractivity contribution in [2.75, 3.05) is 29.4 Å². The van der Waals surface area contributed by atoms with Crippen LogP contribution in [-0.2, 0) is 23.9 Å². The molecule has 34 heavy (non-hydrogen) atoms. The summed E-state index contributed by atoms with van der Waals surface area (Å²) in [6.07, 6.45) is -3.89. The summed E-state index contributed by atoms with van der Waals surface area (Å²) in [6, 6.07) is 3.54. The SMILES string of the molecule is Cc1nc2c(c(=O)[nH]1)CCN(c1nc(N3CC(OC(C)C)C3)nc3cc(C(F)(F)F)ccc13)C2. The maximum atomic E-state index is 13.4. The molecule has 4 heterocycles. The molecular weight excluding hydrogens is 449 g/mol. The largest absolute Gasteiger partial charge is 0.416 e. The molecule has 1 saturated heterocycles. The van der Waals surface area contributed by atoms with Gasteiger partial charge in [0.15, 0.2) is 0 Å². The van der Waals surface area contributed by atoms with Crippen LogP contribution in [0, 0.1) is 6.92 Å². The molecule has 8 nitrogen and oxygen atoms in total. The average Bonchev–Trinajstić information content (AvgIpc) is 2.73. The van der Waals surface area contributed by atoms with E-state index in [1.54, 1.807) is 6.92 Å². The van der Waals surface area contributed by atoms with Gasteiger partial charge in [0.25, 0.3) is 5.56 Å². The van der Waals surface area contributed by atoms with Crippen molar-refractivity contribution in [1.82, 2.24) is 19.9 Å². The van der Waals surface area contributed by atoms with Crippen LogP contribution in [0.3, 0.4) is 0 Å². The van der Waals surface area contributed by atoms with Crippen LogP contribution >= 0.6 is 0 Å². The summed E-state index contributed by atoms with van der Waals surface area (Å²) in [5.74, 6) is 1.42. The maximum Gasteiger partial charge on any atom is 0.416 e. The molecule has 0 radical (unpaired) electrons. The Labute approximate surface area is 193 Å². The molecule has 0 bridgehead atoms. The van der Waals surface area contributed by atoms with E-state index in [0.717, 1.165) is 12.1 Å². The third-order valence-corrected chi connectivity index (χ3v) is 6.08. The van der Waals surface area contributed by atoms with E-state index in [1.165, 1.54) is 6.07 Å². The molecule has 1 fully saturated rings. The Kier molecular flexibility index (Phi) is 5.46. The first-order chi connectivity index (χ1) is 16.1. The first-order valence-corrected chi connectivity index (χ1v) is 11.2. The number of hydrogen-bond acceptors (Lipinski definition) is 7. The fraction of sp³-hybridized carbons (Fsp3) is 0.478. The monoisotopic (exact) mass is 474 g/mol. The number of halogens is 3. The third-order valence-electron chi connectivity index (χ3n) is 6.08. The number of alkyl halides is 3. The van der Waals surface area contributed by atoms with Gasteiger partial charge in [-0.15, -0.1) is 0 Å². The van der Waals surface area contributed by atoms with Crippen LogP contribution in [0.25, 0.3) is 10.9 Å². The summed E-state index contributed by atoms with van der Waals surface area (Å²) in [5, 5.41) is 0.525. The number of anilines is 2. The molecule has 11 heteroatoms. The molecule has 180 valence electrons. The smallest absolute Gasteiger partial charge is 0.372 e. The molecule has 2 aliphatic rings. The highest BCUT2D eigenvalue weighted by molar-refractivity contribution is 5.91. The highest BCUT2D eigenvalue weighted by Gasteiger charge is 2.34. The Morgan fingerprint density at radius 3 is 2.62 bits per heavy atom. The van der Waals surface area contributed by atoms with Crippen molar-refractivity contribution in [2.24, 2.45) is 0 Å². The number of hydrogen-bond donors (Lipinski definition) is 1. The zero-order chi connectivity index (χ0) is 24.2. The number of H-pyrrole nitrogens is 1. The molecule has 1 aromatic carbocycles. The molecule has 3 aromatic rings. The molecule has 0 atom stereocenters. The number of aromatic amines is 1. The van der Waals surface area contributed by atoms with Gasteiger partial charge in [-0.3, -0.25) is 4.79 Å². The van der Waals surface area contributed by atoms with Crippen molar-refractivity contribution >= 4 is 22.7 Å². The Morgan fingerprint density at radius 2 is 1.91 bits per heavy atom. The predicted molar refractivity (Wildman–Crippen MR) is 121 cm³/mol. The quantitative estimate of drug-likeness (QED) is 0.621. The lowest BCUT2D eigenvalue weighted by molar-refractivity contribution is -0.137. The van der Waals surface area contributed by atoms with Crippen molar-refractivity contribution in [3.63, 3.8) is 0 Å². The molecule has 0 unspecified atom stereocenters. The van der Waals surface area contributed by atoms with Gasteiger partial charge in [0.1, 0.15) is 11.6 Å². The van der Waals surface area contributed by atoms with Gasteiger partial charge in [0.05, 0.1) is 35.5 Å². The fourth-order valence-corrected chi connectivity index (χ4v) is 4.48. The first kappa shape index (κ1) is 22.6. The molecule has 5 rings (SSSR count). The van der Waals surface area contributed by atoms with E-state index in [2.05, 4.69) is 15.0 Å². The standard InChI is InChI=1S/C23H25F3N6O2/c1-12(2)34-15-9-32(10-15)22-29-18-8-14(23(24,25)26)4-5-16(18)20(30-22)31-7-6-17-19(11-31)27-13(3)28-21(17)33/h4-5,8,12,15H,6-7,9-11H2,1-3H3,(H,27,28,33). The van der Waals surface area contributed by atoms with Gasteiger partial charge >= 0.3 is 6.18 Å². The fourth-order valence-electron chi connectivity index (χ4n) is 4.48. The van der Waals surface area contributed by atoms with Gasteiger partial charge in [0.2, 0.25) is 5.95 Å². The first-order valence-electron chi connectivity index (χ1n) is 11.2. The van der Waals surface area contributed by atoms with E-state index >= 15 is 0 Å². The van der Waals surface area contributed by atoms with Gasteiger partial charge in [-0.2, -0.15) is 18.2 Å². The van der Waals surface area contributed by atoms with Gasteiger partial charge in [-0.1, -0.05) is 0 Å². The number of nitrogens with one attached hydrogen (secondary N) is 1. The Morgan fingerprint density at radius 1 is 1.15 bits per heavy atom. The lowest BCUT2D eigenvalue weighted by Crippen LogP contribution is -2.53. The van der Waals surface area contributed by atoms with Crippen LogP contribution in [-0.4, -0.2) is 51.8 Å². The summed E-state index contributed by atoms with van der Waals surface area (Å²) in [7, 11) is 0. The summed E-state index contributed by atoms with van der Waals surface area (Å²) < 4.78 is 46.0. The molecule has 0 spiro atoms. The number of aryl methyl sites for hydroxylation is 1. The number of fused-ring (bicyclic) bond motifs is 2. The summed E-state index contributed by atoms with van der Waals surface area (Å²) in [5.41, 5.74) is 0.609. The van der Waals surface area contributed by atoms with Crippen LogP contribution in [0.1, 0.15) is 36.5 Å². The minimum absolute atomic E-state index is 0.0324. The molecule has 1 N–H and O–H groups in total. The van der Waals surface area contributed by atoms with Crippen molar-refractivity contribution in [3.8, 4) is 0 Å². The van der Waals surface area contributed by atoms with Crippen LogP contribution in [0.5, 0.6) is 0 Å². The van der Waals surface area contributed by atoms with Gasteiger partial charge in [0, 0.05) is 30.6 Å². The maximum absolute atomic E-state index is 13.4. The highest BCUT2D eigenvalue weighted by atomic mass is 19.4. The third kappa shape index (κ3) is 4.20. The zero-order valence-electron chi connectivity index (χ0n) is 19.1. The second-order valence-electron chi connectivity index (χ2n) is 9.04. The summed E-state index contributed by atoms with van der Waals surface area (Å²) >= 11 is 0. The lowest BCUT2D eigenvalue weighted by Gasteiger charge is -2.40. The van der Waals surface area contributed by atoms with Crippen molar-refractivity contribution < 1.29 is 17.9 Å². The van der Waals surface area contributed by atoms with E-state index < -0.39 is 11.7 Å². The van der Waals surface area contributed by atoms with E-state index in [0.29, 0.717) is 66.8 Å². The number of benzene rings is 1. The average molecular weight is 474 g/mol. The second kappa shape index (κ2) is 8.23. The second-order valence-corrected chi connectivity index (χ2v) is 9.04.